The number of esters is 1. The molecule has 2 amide bonds. The second-order valence-corrected chi connectivity index (χ2v) is 8.72. The molecule has 1 aliphatic heterocycles. The standard InChI is InChI=1S/C22H19Cl2NO5S/c1-13(2)30-19(26)11-25-21(27)18(31-22(25)28)9-15-8-16(23)10-17(24)20(15)29-12-14-6-4-3-5-7-14/h3-10,13H,11-12H2,1-2H3/b18-9-. The van der Waals surface area contributed by atoms with Gasteiger partial charge >= 0.3 is 5.97 Å². The van der Waals surface area contributed by atoms with Gasteiger partial charge in [-0.3, -0.25) is 19.3 Å². The van der Waals surface area contributed by atoms with Gasteiger partial charge in [0.2, 0.25) is 0 Å². The highest BCUT2D eigenvalue weighted by Crippen LogP contribution is 2.38. The van der Waals surface area contributed by atoms with Crippen molar-refractivity contribution in [1.82, 2.24) is 4.90 Å². The van der Waals surface area contributed by atoms with Crippen molar-refractivity contribution in [3.63, 3.8) is 0 Å². The molecule has 0 atom stereocenters. The number of thioether (sulfide) groups is 1. The van der Waals surface area contributed by atoms with Crippen molar-refractivity contribution in [2.24, 2.45) is 0 Å². The summed E-state index contributed by atoms with van der Waals surface area (Å²) in [6.45, 7) is 3.18. The van der Waals surface area contributed by atoms with E-state index in [9.17, 15) is 14.4 Å². The van der Waals surface area contributed by atoms with Crippen LogP contribution in [0.4, 0.5) is 4.79 Å². The molecule has 0 N–H and O–H groups in total. The minimum Gasteiger partial charge on any atom is -0.487 e. The molecule has 2 aromatic carbocycles. The molecule has 6 nitrogen and oxygen atoms in total. The number of nitrogens with zero attached hydrogens (tertiary/aromatic N) is 1. The maximum atomic E-state index is 12.7. The average molecular weight is 480 g/mol. The molecule has 0 saturated carbocycles. The van der Waals surface area contributed by atoms with Gasteiger partial charge in [0.15, 0.2) is 0 Å². The van der Waals surface area contributed by atoms with Crippen LogP contribution in [0.25, 0.3) is 6.08 Å². The van der Waals surface area contributed by atoms with E-state index in [1.807, 2.05) is 30.3 Å². The Balaban J connectivity index is 1.84. The highest BCUT2D eigenvalue weighted by atomic mass is 35.5. The molecule has 1 heterocycles. The zero-order chi connectivity index (χ0) is 22.5. The van der Waals surface area contributed by atoms with Crippen LogP contribution in [0.3, 0.4) is 0 Å². The van der Waals surface area contributed by atoms with Gasteiger partial charge in [-0.15, -0.1) is 0 Å². The van der Waals surface area contributed by atoms with Crippen LogP contribution in [0, 0.1) is 0 Å². The van der Waals surface area contributed by atoms with Gasteiger partial charge in [-0.1, -0.05) is 53.5 Å². The van der Waals surface area contributed by atoms with Crippen molar-refractivity contribution in [3.8, 4) is 5.75 Å². The number of carbonyl (C=O) groups is 3. The number of imide groups is 1. The molecule has 0 unspecified atom stereocenters. The van der Waals surface area contributed by atoms with E-state index in [-0.39, 0.29) is 22.6 Å². The number of amides is 2. The molecule has 0 bridgehead atoms. The second-order valence-electron chi connectivity index (χ2n) is 6.89. The maximum Gasteiger partial charge on any atom is 0.326 e. The molecule has 2 aromatic rings. The molecule has 0 spiro atoms. The Labute approximate surface area is 194 Å². The fourth-order valence-electron chi connectivity index (χ4n) is 2.78. The van der Waals surface area contributed by atoms with Crippen molar-refractivity contribution in [2.75, 3.05) is 6.54 Å². The first-order valence-corrected chi connectivity index (χ1v) is 10.9. The Bertz CT molecular complexity index is 1040. The SMILES string of the molecule is CC(C)OC(=O)CN1C(=O)S/C(=C\c2cc(Cl)cc(Cl)c2OCc2ccccc2)C1=O. The predicted molar refractivity (Wildman–Crippen MR) is 121 cm³/mol. The van der Waals surface area contributed by atoms with Crippen LogP contribution in [-0.4, -0.2) is 34.7 Å². The summed E-state index contributed by atoms with van der Waals surface area (Å²) in [5.41, 5.74) is 1.38. The van der Waals surface area contributed by atoms with Gasteiger partial charge in [-0.25, -0.2) is 0 Å². The average Bonchev–Trinajstić information content (AvgIpc) is 2.95. The molecule has 0 radical (unpaired) electrons. The van der Waals surface area contributed by atoms with Crippen molar-refractivity contribution < 1.29 is 23.9 Å². The van der Waals surface area contributed by atoms with Crippen LogP contribution >= 0.6 is 35.0 Å². The van der Waals surface area contributed by atoms with Gasteiger partial charge in [-0.05, 0) is 49.4 Å². The Morgan fingerprint density at radius 3 is 2.55 bits per heavy atom. The number of hydrogen-bond acceptors (Lipinski definition) is 6. The normalized spacial score (nSPS) is 15.1. The van der Waals surface area contributed by atoms with Crippen LogP contribution < -0.4 is 4.74 Å². The molecule has 0 aliphatic carbocycles. The molecule has 1 fully saturated rings. The number of hydrogen-bond donors (Lipinski definition) is 0. The van der Waals surface area contributed by atoms with Crippen LogP contribution in [0.5, 0.6) is 5.75 Å². The van der Waals surface area contributed by atoms with Gasteiger partial charge in [0.25, 0.3) is 11.1 Å². The number of ether oxygens (including phenoxy) is 2. The third kappa shape index (κ3) is 6.03. The Hall–Kier alpha value is -2.48. The summed E-state index contributed by atoms with van der Waals surface area (Å²) < 4.78 is 10.9. The fraction of sp³-hybridized carbons (Fsp3) is 0.227. The highest BCUT2D eigenvalue weighted by Gasteiger charge is 2.37. The van der Waals surface area contributed by atoms with Crippen LogP contribution in [0.2, 0.25) is 10.0 Å². The maximum absolute atomic E-state index is 12.7. The lowest BCUT2D eigenvalue weighted by Crippen LogP contribution is -2.35. The molecule has 31 heavy (non-hydrogen) atoms. The molecule has 1 aliphatic rings. The van der Waals surface area contributed by atoms with Crippen LogP contribution in [-0.2, 0) is 20.9 Å². The first-order chi connectivity index (χ1) is 14.7. The number of carbonyl (C=O) groups excluding carboxylic acids is 3. The minimum atomic E-state index is -0.656. The lowest BCUT2D eigenvalue weighted by atomic mass is 10.1. The third-order valence-corrected chi connectivity index (χ3v) is 5.48. The molecular weight excluding hydrogens is 461 g/mol. The summed E-state index contributed by atoms with van der Waals surface area (Å²) in [6.07, 6.45) is 1.14. The summed E-state index contributed by atoms with van der Waals surface area (Å²) in [4.78, 5) is 37.8. The quantitative estimate of drug-likeness (QED) is 0.382. The van der Waals surface area contributed by atoms with E-state index < -0.39 is 23.7 Å². The van der Waals surface area contributed by atoms with Crippen LogP contribution in [0.1, 0.15) is 25.0 Å². The van der Waals surface area contributed by atoms with Gasteiger partial charge in [-0.2, -0.15) is 0 Å². The van der Waals surface area contributed by atoms with E-state index in [1.54, 1.807) is 19.9 Å². The number of halogens is 2. The second kappa shape index (κ2) is 10.2. The molecule has 0 aromatic heterocycles. The summed E-state index contributed by atoms with van der Waals surface area (Å²) in [5, 5.41) is 0.0642. The molecule has 162 valence electrons. The van der Waals surface area contributed by atoms with Gasteiger partial charge in [0.1, 0.15) is 18.9 Å². The topological polar surface area (TPSA) is 72.9 Å². The Morgan fingerprint density at radius 1 is 1.16 bits per heavy atom. The van der Waals surface area contributed by atoms with Crippen molar-refractivity contribution in [3.05, 3.63) is 68.5 Å². The smallest absolute Gasteiger partial charge is 0.326 e. The van der Waals surface area contributed by atoms with E-state index in [0.29, 0.717) is 16.3 Å². The number of benzene rings is 2. The zero-order valence-electron chi connectivity index (χ0n) is 16.8. The van der Waals surface area contributed by atoms with Crippen molar-refractivity contribution >= 4 is 58.2 Å². The summed E-state index contributed by atoms with van der Waals surface area (Å²) in [6, 6.07) is 12.6. The van der Waals surface area contributed by atoms with E-state index >= 15 is 0 Å². The van der Waals surface area contributed by atoms with Crippen molar-refractivity contribution in [2.45, 2.75) is 26.6 Å². The first kappa shape index (κ1) is 23.2. The Morgan fingerprint density at radius 2 is 1.87 bits per heavy atom. The Kier molecular flexibility index (Phi) is 7.64. The summed E-state index contributed by atoms with van der Waals surface area (Å²) in [5.74, 6) is -0.919. The monoisotopic (exact) mass is 479 g/mol. The lowest BCUT2D eigenvalue weighted by Gasteiger charge is -2.14. The van der Waals surface area contributed by atoms with E-state index in [4.69, 9.17) is 32.7 Å². The van der Waals surface area contributed by atoms with Gasteiger partial charge in [0, 0.05) is 10.6 Å². The minimum absolute atomic E-state index is 0.130. The van der Waals surface area contributed by atoms with Gasteiger partial charge < -0.3 is 9.47 Å². The summed E-state index contributed by atoms with van der Waals surface area (Å²) in [7, 11) is 0. The molecular formula is C22H19Cl2NO5S. The first-order valence-electron chi connectivity index (χ1n) is 9.35. The zero-order valence-corrected chi connectivity index (χ0v) is 19.1. The lowest BCUT2D eigenvalue weighted by molar-refractivity contribution is -0.149. The molecule has 9 heteroatoms. The largest absolute Gasteiger partial charge is 0.487 e. The predicted octanol–water partition coefficient (Wildman–Crippen LogP) is 5.56. The van der Waals surface area contributed by atoms with Gasteiger partial charge in [0.05, 0.1) is 16.0 Å². The molecule has 3 rings (SSSR count). The highest BCUT2D eigenvalue weighted by molar-refractivity contribution is 8.18. The van der Waals surface area contributed by atoms with E-state index in [1.165, 1.54) is 12.1 Å². The van der Waals surface area contributed by atoms with E-state index in [0.717, 1.165) is 22.2 Å². The van der Waals surface area contributed by atoms with E-state index in [2.05, 4.69) is 0 Å². The summed E-state index contributed by atoms with van der Waals surface area (Å²) >= 11 is 13.2. The number of rotatable bonds is 7. The molecule has 1 saturated heterocycles. The third-order valence-electron chi connectivity index (χ3n) is 4.08. The van der Waals surface area contributed by atoms with Crippen molar-refractivity contribution in [1.29, 1.82) is 0 Å². The fourth-order valence-corrected chi connectivity index (χ4v) is 4.17. The van der Waals surface area contributed by atoms with Crippen LogP contribution in [0.15, 0.2) is 47.4 Å².